The van der Waals surface area contributed by atoms with E-state index >= 15 is 0 Å². The number of unbranched alkanes of at least 4 members (excludes halogenated alkanes) is 1. The molecule has 1 unspecified atom stereocenters. The van der Waals surface area contributed by atoms with Gasteiger partial charge in [0.15, 0.2) is 0 Å². The Morgan fingerprint density at radius 1 is 1.27 bits per heavy atom. The number of nitrogens with one attached hydrogen (secondary N) is 1. The smallest absolute Gasteiger partial charge is 0.0291 e. The lowest BCUT2D eigenvalue weighted by Gasteiger charge is -2.14. The van der Waals surface area contributed by atoms with E-state index in [0.29, 0.717) is 6.04 Å². The van der Waals surface area contributed by atoms with Crippen molar-refractivity contribution < 1.29 is 0 Å². The van der Waals surface area contributed by atoms with E-state index in [1.807, 2.05) is 0 Å². The molecule has 0 heterocycles. The largest absolute Gasteiger partial charge is 0.310 e. The Morgan fingerprint density at radius 3 is 2.47 bits per heavy atom. The number of hydrogen-bond donors (Lipinski definition) is 1. The molecule has 0 spiro atoms. The van der Waals surface area contributed by atoms with Gasteiger partial charge in [-0.25, -0.2) is 0 Å². The molecular formula is C13H21NS. The summed E-state index contributed by atoms with van der Waals surface area (Å²) in [5.41, 5.74) is 1.38. The van der Waals surface area contributed by atoms with E-state index in [9.17, 15) is 0 Å². The molecule has 0 aliphatic carbocycles. The fraction of sp³-hybridized carbons (Fsp3) is 0.538. The van der Waals surface area contributed by atoms with Gasteiger partial charge in [0.05, 0.1) is 0 Å². The lowest BCUT2D eigenvalue weighted by molar-refractivity contribution is 0.554. The summed E-state index contributed by atoms with van der Waals surface area (Å²) < 4.78 is 0. The lowest BCUT2D eigenvalue weighted by Crippen LogP contribution is -2.19. The van der Waals surface area contributed by atoms with Crippen LogP contribution in [0.25, 0.3) is 0 Å². The van der Waals surface area contributed by atoms with E-state index in [0.717, 1.165) is 6.54 Å². The second kappa shape index (κ2) is 6.91. The van der Waals surface area contributed by atoms with Crippen LogP contribution in [0, 0.1) is 0 Å². The van der Waals surface area contributed by atoms with E-state index < -0.39 is 0 Å². The van der Waals surface area contributed by atoms with Crippen molar-refractivity contribution in [2.45, 2.75) is 37.6 Å². The monoisotopic (exact) mass is 223 g/mol. The first-order valence-electron chi connectivity index (χ1n) is 5.65. The number of rotatable bonds is 6. The zero-order valence-electron chi connectivity index (χ0n) is 9.92. The standard InChI is InChI=1S/C13H21NS/c1-4-5-10-14-11(2)12-6-8-13(15-3)9-7-12/h6-9,11,14H,4-5,10H2,1-3H3. The van der Waals surface area contributed by atoms with Gasteiger partial charge in [0.1, 0.15) is 0 Å². The third-order valence-electron chi connectivity index (χ3n) is 2.60. The Morgan fingerprint density at radius 2 is 1.93 bits per heavy atom. The van der Waals surface area contributed by atoms with Crippen molar-refractivity contribution >= 4 is 11.8 Å². The molecule has 84 valence electrons. The Balaban J connectivity index is 2.46. The number of thioether (sulfide) groups is 1. The van der Waals surface area contributed by atoms with Crippen molar-refractivity contribution in [2.24, 2.45) is 0 Å². The second-order valence-electron chi connectivity index (χ2n) is 3.80. The molecule has 0 amide bonds. The van der Waals surface area contributed by atoms with Crippen LogP contribution in [0.3, 0.4) is 0 Å². The molecule has 0 aliphatic rings. The van der Waals surface area contributed by atoms with Crippen LogP contribution in [0.2, 0.25) is 0 Å². The highest BCUT2D eigenvalue weighted by atomic mass is 32.2. The van der Waals surface area contributed by atoms with Gasteiger partial charge in [-0.05, 0) is 43.8 Å². The highest BCUT2D eigenvalue weighted by Crippen LogP contribution is 2.18. The van der Waals surface area contributed by atoms with Gasteiger partial charge in [-0.15, -0.1) is 11.8 Å². The van der Waals surface area contributed by atoms with E-state index in [2.05, 4.69) is 49.7 Å². The molecule has 0 aliphatic heterocycles. The molecule has 0 bridgehead atoms. The summed E-state index contributed by atoms with van der Waals surface area (Å²) in [5.74, 6) is 0. The quantitative estimate of drug-likeness (QED) is 0.580. The van der Waals surface area contributed by atoms with Crippen LogP contribution in [0.4, 0.5) is 0 Å². The molecule has 1 nitrogen and oxygen atoms in total. The summed E-state index contributed by atoms with van der Waals surface area (Å²) in [4.78, 5) is 1.33. The molecule has 1 aromatic rings. The molecule has 0 aromatic heterocycles. The van der Waals surface area contributed by atoms with Crippen LogP contribution in [0.1, 0.15) is 38.3 Å². The minimum Gasteiger partial charge on any atom is -0.310 e. The molecule has 2 heteroatoms. The summed E-state index contributed by atoms with van der Waals surface area (Å²) in [6, 6.07) is 9.29. The summed E-state index contributed by atoms with van der Waals surface area (Å²) in [7, 11) is 0. The molecule has 15 heavy (non-hydrogen) atoms. The average Bonchev–Trinajstić information content (AvgIpc) is 2.29. The minimum atomic E-state index is 0.465. The van der Waals surface area contributed by atoms with Gasteiger partial charge >= 0.3 is 0 Å². The van der Waals surface area contributed by atoms with E-state index in [1.165, 1.54) is 23.3 Å². The molecule has 1 atom stereocenters. The first kappa shape index (κ1) is 12.6. The zero-order chi connectivity index (χ0) is 11.1. The van der Waals surface area contributed by atoms with Gasteiger partial charge in [-0.3, -0.25) is 0 Å². The summed E-state index contributed by atoms with van der Waals surface area (Å²) >= 11 is 1.79. The van der Waals surface area contributed by atoms with Crippen molar-refractivity contribution in [2.75, 3.05) is 12.8 Å². The Kier molecular flexibility index (Phi) is 5.81. The molecular weight excluding hydrogens is 202 g/mol. The van der Waals surface area contributed by atoms with Crippen LogP contribution in [-0.4, -0.2) is 12.8 Å². The van der Waals surface area contributed by atoms with Crippen LogP contribution >= 0.6 is 11.8 Å². The van der Waals surface area contributed by atoms with Crippen LogP contribution < -0.4 is 5.32 Å². The van der Waals surface area contributed by atoms with Crippen LogP contribution in [0.5, 0.6) is 0 Å². The molecule has 1 N–H and O–H groups in total. The van der Waals surface area contributed by atoms with E-state index in [4.69, 9.17) is 0 Å². The maximum atomic E-state index is 3.53. The van der Waals surface area contributed by atoms with E-state index in [-0.39, 0.29) is 0 Å². The normalized spacial score (nSPS) is 12.7. The van der Waals surface area contributed by atoms with Gasteiger partial charge in [-0.1, -0.05) is 25.5 Å². The predicted octanol–water partition coefficient (Wildman–Crippen LogP) is 3.86. The lowest BCUT2D eigenvalue weighted by atomic mass is 10.1. The fourth-order valence-corrected chi connectivity index (χ4v) is 1.91. The molecule has 1 aromatic carbocycles. The average molecular weight is 223 g/mol. The maximum absolute atomic E-state index is 3.53. The maximum Gasteiger partial charge on any atom is 0.0291 e. The molecule has 1 rings (SSSR count). The molecule has 0 radical (unpaired) electrons. The minimum absolute atomic E-state index is 0.465. The van der Waals surface area contributed by atoms with Gasteiger partial charge in [0.2, 0.25) is 0 Å². The second-order valence-corrected chi connectivity index (χ2v) is 4.68. The summed E-state index contributed by atoms with van der Waals surface area (Å²) in [5, 5.41) is 3.53. The third-order valence-corrected chi connectivity index (χ3v) is 3.34. The van der Waals surface area contributed by atoms with Crippen molar-refractivity contribution in [3.8, 4) is 0 Å². The predicted molar refractivity (Wildman–Crippen MR) is 69.5 cm³/mol. The highest BCUT2D eigenvalue weighted by molar-refractivity contribution is 7.98. The molecule has 0 saturated carbocycles. The Hall–Kier alpha value is -0.470. The molecule has 0 saturated heterocycles. The Bertz CT molecular complexity index is 268. The zero-order valence-corrected chi connectivity index (χ0v) is 10.7. The van der Waals surface area contributed by atoms with Gasteiger partial charge in [0.25, 0.3) is 0 Å². The Labute approximate surface area is 97.7 Å². The van der Waals surface area contributed by atoms with Gasteiger partial charge in [-0.2, -0.15) is 0 Å². The van der Waals surface area contributed by atoms with Crippen molar-refractivity contribution in [3.05, 3.63) is 29.8 Å². The summed E-state index contributed by atoms with van der Waals surface area (Å²) in [6.45, 7) is 5.56. The van der Waals surface area contributed by atoms with Crippen LogP contribution in [0.15, 0.2) is 29.2 Å². The highest BCUT2D eigenvalue weighted by Gasteiger charge is 2.03. The van der Waals surface area contributed by atoms with Gasteiger partial charge in [0, 0.05) is 10.9 Å². The molecule has 0 fully saturated rings. The number of hydrogen-bond acceptors (Lipinski definition) is 2. The number of benzene rings is 1. The van der Waals surface area contributed by atoms with Crippen LogP contribution in [-0.2, 0) is 0 Å². The first-order valence-corrected chi connectivity index (χ1v) is 6.87. The van der Waals surface area contributed by atoms with Gasteiger partial charge < -0.3 is 5.32 Å². The van der Waals surface area contributed by atoms with Crippen molar-refractivity contribution in [3.63, 3.8) is 0 Å². The van der Waals surface area contributed by atoms with Crippen molar-refractivity contribution in [1.29, 1.82) is 0 Å². The first-order chi connectivity index (χ1) is 7.27. The summed E-state index contributed by atoms with van der Waals surface area (Å²) in [6.07, 6.45) is 4.62. The SMILES string of the molecule is CCCCNC(C)c1ccc(SC)cc1. The fourth-order valence-electron chi connectivity index (χ4n) is 1.51. The van der Waals surface area contributed by atoms with Crippen molar-refractivity contribution in [1.82, 2.24) is 5.32 Å². The topological polar surface area (TPSA) is 12.0 Å². The van der Waals surface area contributed by atoms with E-state index in [1.54, 1.807) is 11.8 Å². The third kappa shape index (κ3) is 4.27.